The number of amides is 2. The van der Waals surface area contributed by atoms with Gasteiger partial charge in [0.25, 0.3) is 17.6 Å². The summed E-state index contributed by atoms with van der Waals surface area (Å²) >= 11 is 5.42. The number of para-hydroxylation sites is 1. The van der Waals surface area contributed by atoms with Crippen LogP contribution in [0.2, 0.25) is 0 Å². The van der Waals surface area contributed by atoms with Crippen LogP contribution in [0.5, 0.6) is 0 Å². The Morgan fingerprint density at radius 1 is 0.971 bits per heavy atom. The van der Waals surface area contributed by atoms with Gasteiger partial charge < -0.3 is 17.0 Å². The molecular formula is C26H22Br2N4O2S. The molecular weight excluding hydrogens is 592 g/mol. The number of carbonyl (C=O) groups is 2. The molecule has 1 atom stereocenters. The van der Waals surface area contributed by atoms with E-state index in [1.165, 1.54) is 4.90 Å². The molecule has 0 saturated carbocycles. The maximum atomic E-state index is 13.2. The third kappa shape index (κ3) is 4.03. The molecule has 0 radical (unpaired) electrons. The van der Waals surface area contributed by atoms with Crippen LogP contribution in [0.15, 0.2) is 71.9 Å². The summed E-state index contributed by atoms with van der Waals surface area (Å²) in [6.45, 7) is 0.356. The van der Waals surface area contributed by atoms with E-state index in [4.69, 9.17) is 5.10 Å². The van der Waals surface area contributed by atoms with Gasteiger partial charge in [-0.05, 0) is 47.8 Å². The average molecular weight is 614 g/mol. The minimum Gasteiger partial charge on any atom is -1.00 e. The van der Waals surface area contributed by atoms with Crippen molar-refractivity contribution in [2.45, 2.75) is 24.0 Å². The lowest BCUT2D eigenvalue weighted by molar-refractivity contribution is -0.645. The Kier molecular flexibility index (Phi) is 6.83. The Hall–Kier alpha value is -2.49. The predicted molar refractivity (Wildman–Crippen MR) is 135 cm³/mol. The average Bonchev–Trinajstić information content (AvgIpc) is 3.43. The van der Waals surface area contributed by atoms with Crippen LogP contribution in [-0.2, 0) is 6.42 Å². The number of hydrogen-bond acceptors (Lipinski definition) is 4. The first-order chi connectivity index (χ1) is 16.7. The number of halogens is 2. The normalized spacial score (nSPS) is 16.5. The molecule has 178 valence electrons. The monoisotopic (exact) mass is 612 g/mol. The molecule has 2 aliphatic rings. The van der Waals surface area contributed by atoms with Crippen molar-refractivity contribution in [1.82, 2.24) is 14.7 Å². The number of benzene rings is 3. The summed E-state index contributed by atoms with van der Waals surface area (Å²) in [6.07, 6.45) is 1.30. The zero-order chi connectivity index (χ0) is 23.2. The van der Waals surface area contributed by atoms with E-state index in [0.29, 0.717) is 36.6 Å². The predicted octanol–water partition coefficient (Wildman–Crippen LogP) is 1.59. The van der Waals surface area contributed by atoms with Crippen molar-refractivity contribution >= 4 is 50.3 Å². The fourth-order valence-corrected chi connectivity index (χ4v) is 6.89. The highest BCUT2D eigenvalue weighted by Crippen LogP contribution is 2.33. The molecule has 6 rings (SSSR count). The summed E-state index contributed by atoms with van der Waals surface area (Å²) in [6, 6.07) is 21.8. The molecule has 2 aliphatic heterocycles. The topological polar surface area (TPSA) is 59.1 Å². The second kappa shape index (κ2) is 9.87. The second-order valence-corrected chi connectivity index (χ2v) is 10.1. The van der Waals surface area contributed by atoms with Crippen LogP contribution in [0.3, 0.4) is 0 Å². The Balaban J connectivity index is 0.00000253. The molecule has 0 fully saturated rings. The van der Waals surface area contributed by atoms with Gasteiger partial charge >= 0.3 is 5.16 Å². The minimum atomic E-state index is -0.215. The van der Waals surface area contributed by atoms with Crippen molar-refractivity contribution in [2.24, 2.45) is 0 Å². The van der Waals surface area contributed by atoms with Gasteiger partial charge in [-0.1, -0.05) is 63.1 Å². The summed E-state index contributed by atoms with van der Waals surface area (Å²) in [5.74, 6) is 1.50. The number of hydrogen-bond donors (Lipinski definition) is 0. The number of rotatable bonds is 6. The Labute approximate surface area is 226 Å². The van der Waals surface area contributed by atoms with E-state index >= 15 is 0 Å². The van der Waals surface area contributed by atoms with Gasteiger partial charge in [0.2, 0.25) is 0 Å². The number of thioether (sulfide) groups is 1. The Morgan fingerprint density at radius 3 is 2.31 bits per heavy atom. The number of aryl methyl sites for hydroxylation is 1. The van der Waals surface area contributed by atoms with E-state index < -0.39 is 0 Å². The first kappa shape index (κ1) is 24.2. The molecule has 3 heterocycles. The SMILES string of the molecule is O=C1c2cccc3cccc(c23)C(=O)N1CCCc1nn2c([n+]1-c1ccccc1)SCC2CBr.[Br-]. The van der Waals surface area contributed by atoms with Crippen LogP contribution in [0.1, 0.15) is 39.0 Å². The maximum absolute atomic E-state index is 13.2. The zero-order valence-electron chi connectivity index (χ0n) is 18.7. The molecule has 3 aromatic carbocycles. The lowest BCUT2D eigenvalue weighted by atomic mass is 9.94. The molecule has 2 amide bonds. The van der Waals surface area contributed by atoms with E-state index in [1.54, 1.807) is 0 Å². The van der Waals surface area contributed by atoms with E-state index in [9.17, 15) is 9.59 Å². The smallest absolute Gasteiger partial charge is 0.301 e. The molecule has 6 nitrogen and oxygen atoms in total. The van der Waals surface area contributed by atoms with E-state index in [1.807, 2.05) is 66.4 Å². The first-order valence-electron chi connectivity index (χ1n) is 11.3. The summed E-state index contributed by atoms with van der Waals surface area (Å²) in [7, 11) is 0. The molecule has 0 saturated heterocycles. The Morgan fingerprint density at radius 2 is 1.66 bits per heavy atom. The zero-order valence-corrected chi connectivity index (χ0v) is 22.7. The number of fused-ring (bicyclic) bond motifs is 1. The summed E-state index contributed by atoms with van der Waals surface area (Å²) in [5, 5.41) is 8.61. The molecule has 9 heteroatoms. The highest BCUT2D eigenvalue weighted by molar-refractivity contribution is 9.09. The number of aromatic nitrogens is 3. The van der Waals surface area contributed by atoms with Crippen molar-refractivity contribution in [3.8, 4) is 5.69 Å². The second-order valence-electron chi connectivity index (χ2n) is 8.51. The summed E-state index contributed by atoms with van der Waals surface area (Å²) < 4.78 is 4.32. The van der Waals surface area contributed by atoms with Gasteiger partial charge in [-0.15, -0.1) is 0 Å². The van der Waals surface area contributed by atoms with Crippen LogP contribution in [0.25, 0.3) is 16.5 Å². The number of nitrogens with zero attached hydrogens (tertiary/aromatic N) is 4. The summed E-state index contributed by atoms with van der Waals surface area (Å²) in [5.41, 5.74) is 2.28. The quantitative estimate of drug-likeness (QED) is 0.188. The van der Waals surface area contributed by atoms with Gasteiger partial charge in [-0.2, -0.15) is 4.57 Å². The molecule has 0 N–H and O–H groups in total. The van der Waals surface area contributed by atoms with Crippen molar-refractivity contribution in [2.75, 3.05) is 17.6 Å². The molecule has 0 aliphatic carbocycles. The minimum absolute atomic E-state index is 0. The van der Waals surface area contributed by atoms with E-state index in [-0.39, 0.29) is 28.8 Å². The van der Waals surface area contributed by atoms with Crippen molar-refractivity contribution in [3.05, 3.63) is 83.7 Å². The molecule has 4 aromatic rings. The van der Waals surface area contributed by atoms with Gasteiger partial charge in [0.05, 0.1) is 0 Å². The third-order valence-corrected chi connectivity index (χ3v) is 8.38. The molecule has 0 spiro atoms. The molecule has 35 heavy (non-hydrogen) atoms. The standard InChI is InChI=1S/C26H22BrN4O2S.BrH/c27-15-19-16-34-26-30(18-9-2-1-3-10-18)22(28-31(19)26)13-6-14-29-24(32)20-11-4-7-17-8-5-12-21(23(17)20)25(29)33;/h1-5,7-12,19H,6,13-16H2;1H/q+1;/p-1. The van der Waals surface area contributed by atoms with E-state index in [2.05, 4.69) is 37.3 Å². The molecule has 1 unspecified atom stereocenters. The Bertz CT molecular complexity index is 1390. The van der Waals surface area contributed by atoms with Gasteiger partial charge in [0, 0.05) is 45.7 Å². The van der Waals surface area contributed by atoms with Gasteiger partial charge in [0.1, 0.15) is 11.7 Å². The number of carbonyl (C=O) groups excluding carboxylic acids is 2. The molecule has 0 bridgehead atoms. The van der Waals surface area contributed by atoms with Crippen molar-refractivity contribution in [3.63, 3.8) is 0 Å². The fourth-order valence-electron chi connectivity index (χ4n) is 4.82. The van der Waals surface area contributed by atoms with Gasteiger partial charge in [-0.3, -0.25) is 14.5 Å². The van der Waals surface area contributed by atoms with Crippen LogP contribution < -0.4 is 21.5 Å². The third-order valence-electron chi connectivity index (χ3n) is 6.45. The van der Waals surface area contributed by atoms with Crippen LogP contribution in [0.4, 0.5) is 0 Å². The highest BCUT2D eigenvalue weighted by Gasteiger charge is 2.38. The fraction of sp³-hybridized carbons (Fsp3) is 0.231. The van der Waals surface area contributed by atoms with Crippen LogP contribution >= 0.6 is 27.7 Å². The van der Waals surface area contributed by atoms with Crippen molar-refractivity contribution < 1.29 is 31.1 Å². The largest absolute Gasteiger partial charge is 1.00 e. The summed E-state index contributed by atoms with van der Waals surface area (Å²) in [4.78, 5) is 27.8. The van der Waals surface area contributed by atoms with Crippen molar-refractivity contribution in [1.29, 1.82) is 0 Å². The first-order valence-corrected chi connectivity index (χ1v) is 13.4. The number of imide groups is 1. The lowest BCUT2D eigenvalue weighted by Gasteiger charge is -2.27. The maximum Gasteiger partial charge on any atom is 0.301 e. The van der Waals surface area contributed by atoms with Crippen LogP contribution in [-0.4, -0.2) is 44.1 Å². The highest BCUT2D eigenvalue weighted by atomic mass is 79.9. The lowest BCUT2D eigenvalue weighted by Crippen LogP contribution is -3.00. The number of alkyl halides is 1. The van der Waals surface area contributed by atoms with Crippen LogP contribution in [0, 0.1) is 0 Å². The molecule has 1 aromatic heterocycles. The van der Waals surface area contributed by atoms with Gasteiger partial charge in [0.15, 0.2) is 0 Å². The van der Waals surface area contributed by atoms with Gasteiger partial charge in [-0.25, -0.2) is 0 Å². The van der Waals surface area contributed by atoms with E-state index in [0.717, 1.165) is 38.5 Å².